The van der Waals surface area contributed by atoms with Crippen molar-refractivity contribution in [3.05, 3.63) is 77.9 Å². The molecule has 0 aromatic heterocycles. The summed E-state index contributed by atoms with van der Waals surface area (Å²) in [5.41, 5.74) is 2.16. The van der Waals surface area contributed by atoms with Crippen molar-refractivity contribution >= 4 is 27.9 Å². The standard InChI is InChI=1S/C23H23NO5S/c1-27-21-15-18(16-22(28-2)23(21)29-3)13-12-17-8-7-9-19(14-17)24-30(25,26)20-10-5-4-6-11-20/h4-16,24H,1-3H3/b13-12-. The summed E-state index contributed by atoms with van der Waals surface area (Å²) in [7, 11) is 1.03. The molecule has 0 bridgehead atoms. The van der Waals surface area contributed by atoms with Crippen LogP contribution in [-0.4, -0.2) is 29.7 Å². The Morgan fingerprint density at radius 3 is 1.97 bits per heavy atom. The summed E-state index contributed by atoms with van der Waals surface area (Å²) >= 11 is 0. The van der Waals surface area contributed by atoms with E-state index in [0.29, 0.717) is 22.9 Å². The second-order valence-corrected chi connectivity index (χ2v) is 8.02. The fourth-order valence-corrected chi connectivity index (χ4v) is 3.98. The van der Waals surface area contributed by atoms with Crippen LogP contribution in [0.1, 0.15) is 11.1 Å². The molecule has 30 heavy (non-hydrogen) atoms. The average Bonchev–Trinajstić information content (AvgIpc) is 2.77. The average molecular weight is 426 g/mol. The number of hydrogen-bond acceptors (Lipinski definition) is 5. The second kappa shape index (κ2) is 9.37. The third-order valence-electron chi connectivity index (χ3n) is 4.35. The molecule has 0 heterocycles. The van der Waals surface area contributed by atoms with Crippen LogP contribution in [0.25, 0.3) is 12.2 Å². The van der Waals surface area contributed by atoms with Gasteiger partial charge in [-0.1, -0.05) is 42.5 Å². The third-order valence-corrected chi connectivity index (χ3v) is 5.74. The van der Waals surface area contributed by atoms with Gasteiger partial charge in [0.2, 0.25) is 5.75 Å². The van der Waals surface area contributed by atoms with Gasteiger partial charge in [0.1, 0.15) is 0 Å². The molecule has 1 N–H and O–H groups in total. The number of ether oxygens (including phenoxy) is 3. The number of nitrogens with one attached hydrogen (secondary N) is 1. The molecule has 0 unspecified atom stereocenters. The lowest BCUT2D eigenvalue weighted by molar-refractivity contribution is 0.324. The van der Waals surface area contributed by atoms with Crippen molar-refractivity contribution in [1.29, 1.82) is 0 Å². The molecule has 0 aliphatic heterocycles. The molecule has 0 amide bonds. The van der Waals surface area contributed by atoms with Gasteiger partial charge in [-0.25, -0.2) is 8.42 Å². The van der Waals surface area contributed by atoms with E-state index in [0.717, 1.165) is 11.1 Å². The van der Waals surface area contributed by atoms with Crippen LogP contribution < -0.4 is 18.9 Å². The van der Waals surface area contributed by atoms with E-state index in [1.54, 1.807) is 69.9 Å². The highest BCUT2D eigenvalue weighted by Gasteiger charge is 2.14. The molecule has 0 radical (unpaired) electrons. The first-order valence-corrected chi connectivity index (χ1v) is 10.6. The summed E-state index contributed by atoms with van der Waals surface area (Å²) in [6.45, 7) is 0. The topological polar surface area (TPSA) is 73.9 Å². The number of benzene rings is 3. The SMILES string of the molecule is COc1cc(/C=C\c2cccc(NS(=O)(=O)c3ccccc3)c2)cc(OC)c1OC. The van der Waals surface area contributed by atoms with E-state index in [1.165, 1.54) is 0 Å². The summed E-state index contributed by atoms with van der Waals surface area (Å²) in [6.07, 6.45) is 3.76. The van der Waals surface area contributed by atoms with E-state index in [-0.39, 0.29) is 4.90 Å². The molecule has 0 atom stereocenters. The lowest BCUT2D eigenvalue weighted by atomic mass is 10.1. The summed E-state index contributed by atoms with van der Waals surface area (Å²) < 4.78 is 43.7. The summed E-state index contributed by atoms with van der Waals surface area (Å²) in [5, 5.41) is 0. The highest BCUT2D eigenvalue weighted by molar-refractivity contribution is 7.92. The van der Waals surface area contributed by atoms with E-state index >= 15 is 0 Å². The molecule has 3 rings (SSSR count). The lowest BCUT2D eigenvalue weighted by Crippen LogP contribution is -2.12. The molecular weight excluding hydrogens is 402 g/mol. The van der Waals surface area contributed by atoms with E-state index in [1.807, 2.05) is 30.4 Å². The number of anilines is 1. The molecule has 0 spiro atoms. The maximum absolute atomic E-state index is 12.5. The van der Waals surface area contributed by atoms with E-state index < -0.39 is 10.0 Å². The smallest absolute Gasteiger partial charge is 0.261 e. The number of hydrogen-bond donors (Lipinski definition) is 1. The Kier molecular flexibility index (Phi) is 6.64. The minimum Gasteiger partial charge on any atom is -0.493 e. The molecule has 3 aromatic carbocycles. The fraction of sp³-hybridized carbons (Fsp3) is 0.130. The van der Waals surface area contributed by atoms with Crippen molar-refractivity contribution in [2.24, 2.45) is 0 Å². The fourth-order valence-electron chi connectivity index (χ4n) is 2.91. The first-order chi connectivity index (χ1) is 14.5. The molecule has 7 heteroatoms. The predicted molar refractivity (Wildman–Crippen MR) is 119 cm³/mol. The van der Waals surface area contributed by atoms with Gasteiger partial charge in [-0.2, -0.15) is 0 Å². The van der Waals surface area contributed by atoms with Crippen LogP contribution in [-0.2, 0) is 10.0 Å². The maximum Gasteiger partial charge on any atom is 0.261 e. The summed E-state index contributed by atoms with van der Waals surface area (Å²) in [4.78, 5) is 0.211. The van der Waals surface area contributed by atoms with E-state index in [2.05, 4.69) is 4.72 Å². The van der Waals surface area contributed by atoms with Crippen LogP contribution in [0, 0.1) is 0 Å². The summed E-state index contributed by atoms with van der Waals surface area (Å²) in [5.74, 6) is 1.64. The van der Waals surface area contributed by atoms with E-state index in [9.17, 15) is 8.42 Å². The van der Waals surface area contributed by atoms with Gasteiger partial charge in [-0.3, -0.25) is 4.72 Å². The van der Waals surface area contributed by atoms with Gasteiger partial charge in [0, 0.05) is 5.69 Å². The van der Waals surface area contributed by atoms with Crippen LogP contribution in [0.15, 0.2) is 71.6 Å². The van der Waals surface area contributed by atoms with Crippen LogP contribution in [0.3, 0.4) is 0 Å². The van der Waals surface area contributed by atoms with Crippen molar-refractivity contribution in [2.45, 2.75) is 4.90 Å². The Morgan fingerprint density at radius 2 is 1.37 bits per heavy atom. The van der Waals surface area contributed by atoms with Gasteiger partial charge < -0.3 is 14.2 Å². The predicted octanol–water partition coefficient (Wildman–Crippen LogP) is 4.68. The minimum absolute atomic E-state index is 0.211. The normalized spacial score (nSPS) is 11.3. The highest BCUT2D eigenvalue weighted by Crippen LogP contribution is 2.38. The third kappa shape index (κ3) is 4.93. The Bertz CT molecular complexity index is 1120. The number of sulfonamides is 1. The summed E-state index contributed by atoms with van der Waals surface area (Å²) in [6, 6.07) is 19.1. The first-order valence-electron chi connectivity index (χ1n) is 9.13. The first kappa shape index (κ1) is 21.3. The molecule has 6 nitrogen and oxygen atoms in total. The van der Waals surface area contributed by atoms with Crippen molar-refractivity contribution in [2.75, 3.05) is 26.1 Å². The number of rotatable bonds is 8. The quantitative estimate of drug-likeness (QED) is 0.530. The largest absolute Gasteiger partial charge is 0.493 e. The molecule has 3 aromatic rings. The van der Waals surface area contributed by atoms with Crippen molar-refractivity contribution < 1.29 is 22.6 Å². The van der Waals surface area contributed by atoms with Crippen LogP contribution in [0.2, 0.25) is 0 Å². The maximum atomic E-state index is 12.5. The Morgan fingerprint density at radius 1 is 0.733 bits per heavy atom. The lowest BCUT2D eigenvalue weighted by Gasteiger charge is -2.12. The van der Waals surface area contributed by atoms with Crippen molar-refractivity contribution in [3.63, 3.8) is 0 Å². The molecular formula is C23H23NO5S. The van der Waals surface area contributed by atoms with Gasteiger partial charge in [0.25, 0.3) is 10.0 Å². The van der Waals surface area contributed by atoms with E-state index in [4.69, 9.17) is 14.2 Å². The molecule has 0 fully saturated rings. The number of methoxy groups -OCH3 is 3. The van der Waals surface area contributed by atoms with Crippen LogP contribution >= 0.6 is 0 Å². The molecule has 0 saturated heterocycles. The zero-order valence-electron chi connectivity index (χ0n) is 17.0. The highest BCUT2D eigenvalue weighted by atomic mass is 32.2. The van der Waals surface area contributed by atoms with Gasteiger partial charge in [-0.05, 0) is 47.5 Å². The van der Waals surface area contributed by atoms with Crippen LogP contribution in [0.4, 0.5) is 5.69 Å². The molecule has 0 saturated carbocycles. The van der Waals surface area contributed by atoms with Gasteiger partial charge >= 0.3 is 0 Å². The van der Waals surface area contributed by atoms with Crippen molar-refractivity contribution in [1.82, 2.24) is 0 Å². The zero-order chi connectivity index (χ0) is 21.6. The molecule has 0 aliphatic carbocycles. The zero-order valence-corrected chi connectivity index (χ0v) is 17.8. The monoisotopic (exact) mass is 425 g/mol. The van der Waals surface area contributed by atoms with Gasteiger partial charge in [0.05, 0.1) is 26.2 Å². The molecule has 0 aliphatic rings. The minimum atomic E-state index is -3.64. The van der Waals surface area contributed by atoms with Gasteiger partial charge in [0.15, 0.2) is 11.5 Å². The van der Waals surface area contributed by atoms with Gasteiger partial charge in [-0.15, -0.1) is 0 Å². The van der Waals surface area contributed by atoms with Crippen molar-refractivity contribution in [3.8, 4) is 17.2 Å². The van der Waals surface area contributed by atoms with Crippen LogP contribution in [0.5, 0.6) is 17.2 Å². The Hall–Kier alpha value is -3.45. The Labute approximate surface area is 176 Å². The second-order valence-electron chi connectivity index (χ2n) is 6.34. The Balaban J connectivity index is 1.84. The molecule has 156 valence electrons.